The monoisotopic (exact) mass is 376 g/mol. The summed E-state index contributed by atoms with van der Waals surface area (Å²) in [5.41, 5.74) is 0.731. The number of benzene rings is 1. The summed E-state index contributed by atoms with van der Waals surface area (Å²) in [5, 5.41) is 2.95. The van der Waals surface area contributed by atoms with Gasteiger partial charge in [0.05, 0.1) is 19.3 Å². The number of ether oxygens (including phenoxy) is 3. The van der Waals surface area contributed by atoms with Crippen molar-refractivity contribution in [1.82, 2.24) is 4.90 Å². The van der Waals surface area contributed by atoms with Crippen molar-refractivity contribution < 1.29 is 19.0 Å². The van der Waals surface area contributed by atoms with Gasteiger partial charge in [-0.1, -0.05) is 32.6 Å². The van der Waals surface area contributed by atoms with Crippen LogP contribution in [-0.2, 0) is 9.53 Å². The first-order valence-electron chi connectivity index (χ1n) is 10.3. The van der Waals surface area contributed by atoms with Crippen LogP contribution >= 0.6 is 0 Å². The van der Waals surface area contributed by atoms with Crippen molar-refractivity contribution in [1.29, 1.82) is 0 Å². The third-order valence-corrected chi connectivity index (χ3v) is 5.20. The van der Waals surface area contributed by atoms with Gasteiger partial charge < -0.3 is 19.5 Å². The minimum atomic E-state index is -0.0250. The molecule has 1 fully saturated rings. The summed E-state index contributed by atoms with van der Waals surface area (Å²) in [6.45, 7) is 5.82. The molecule has 3 rings (SSSR count). The minimum Gasteiger partial charge on any atom is -0.486 e. The molecule has 1 aliphatic heterocycles. The maximum absolute atomic E-state index is 12.4. The van der Waals surface area contributed by atoms with E-state index >= 15 is 0 Å². The minimum absolute atomic E-state index is 0.0250. The van der Waals surface area contributed by atoms with Gasteiger partial charge in [-0.15, -0.1) is 0 Å². The highest BCUT2D eigenvalue weighted by molar-refractivity contribution is 5.92. The predicted octanol–water partition coefficient (Wildman–Crippen LogP) is 3.46. The number of hydrogen-bond acceptors (Lipinski definition) is 5. The second-order valence-corrected chi connectivity index (χ2v) is 7.26. The van der Waals surface area contributed by atoms with Crippen LogP contribution in [0.1, 0.15) is 45.4 Å². The first-order valence-corrected chi connectivity index (χ1v) is 10.3. The molecule has 1 aliphatic carbocycles. The molecule has 0 atom stereocenters. The summed E-state index contributed by atoms with van der Waals surface area (Å²) in [6.07, 6.45) is 7.98. The van der Waals surface area contributed by atoms with Gasteiger partial charge in [0.25, 0.3) is 0 Å². The summed E-state index contributed by atoms with van der Waals surface area (Å²) in [7, 11) is 0. The molecule has 1 heterocycles. The van der Waals surface area contributed by atoms with E-state index < -0.39 is 0 Å². The number of carbonyl (C=O) groups excluding carboxylic acids is 1. The summed E-state index contributed by atoms with van der Waals surface area (Å²) in [6, 6.07) is 5.50. The third-order valence-electron chi connectivity index (χ3n) is 5.20. The first kappa shape index (κ1) is 20.0. The molecule has 6 nitrogen and oxygen atoms in total. The molecule has 0 saturated heterocycles. The van der Waals surface area contributed by atoms with Crippen molar-refractivity contribution >= 4 is 11.6 Å². The Labute approximate surface area is 162 Å². The highest BCUT2D eigenvalue weighted by Gasteiger charge is 2.16. The molecule has 0 aromatic heterocycles. The lowest BCUT2D eigenvalue weighted by Crippen LogP contribution is -2.36. The van der Waals surface area contributed by atoms with Crippen LogP contribution in [0.2, 0.25) is 0 Å². The van der Waals surface area contributed by atoms with Gasteiger partial charge in [-0.2, -0.15) is 0 Å². The van der Waals surface area contributed by atoms with E-state index in [1.807, 2.05) is 18.2 Å². The average molecular weight is 376 g/mol. The Hall–Kier alpha value is -1.79. The zero-order valence-corrected chi connectivity index (χ0v) is 16.4. The van der Waals surface area contributed by atoms with Gasteiger partial charge in [0.15, 0.2) is 11.5 Å². The molecule has 1 saturated carbocycles. The Bertz CT molecular complexity index is 600. The standard InChI is InChI=1S/C21H32N2O4/c1-2-23(11-12-25-18-7-5-3-4-6-8-18)16-21(24)22-17-9-10-19-20(15-17)27-14-13-26-19/h9-10,15,18H,2-8,11-14,16H2,1H3,(H,22,24). The van der Waals surface area contributed by atoms with Crippen LogP contribution in [0.15, 0.2) is 18.2 Å². The second-order valence-electron chi connectivity index (χ2n) is 7.26. The van der Waals surface area contributed by atoms with E-state index in [1.54, 1.807) is 0 Å². The lowest BCUT2D eigenvalue weighted by Gasteiger charge is -2.22. The maximum Gasteiger partial charge on any atom is 0.238 e. The van der Waals surface area contributed by atoms with E-state index in [9.17, 15) is 4.79 Å². The van der Waals surface area contributed by atoms with Crippen LogP contribution in [0.4, 0.5) is 5.69 Å². The third kappa shape index (κ3) is 6.40. The molecule has 27 heavy (non-hydrogen) atoms. The van der Waals surface area contributed by atoms with Crippen molar-refractivity contribution in [3.05, 3.63) is 18.2 Å². The Kier molecular flexibility index (Phi) is 7.78. The number of amides is 1. The highest BCUT2D eigenvalue weighted by Crippen LogP contribution is 2.32. The van der Waals surface area contributed by atoms with Gasteiger partial charge in [0.1, 0.15) is 13.2 Å². The smallest absolute Gasteiger partial charge is 0.238 e. The molecule has 0 radical (unpaired) electrons. The summed E-state index contributed by atoms with van der Waals surface area (Å²) in [4.78, 5) is 14.5. The molecule has 1 N–H and O–H groups in total. The number of likely N-dealkylation sites (N-methyl/N-ethyl adjacent to an activating group) is 1. The van der Waals surface area contributed by atoms with Crippen molar-refractivity contribution in [2.45, 2.75) is 51.6 Å². The first-order chi connectivity index (χ1) is 13.2. The second kappa shape index (κ2) is 10.5. The van der Waals surface area contributed by atoms with Crippen LogP contribution in [-0.4, -0.2) is 56.4 Å². The van der Waals surface area contributed by atoms with E-state index in [-0.39, 0.29) is 5.91 Å². The van der Waals surface area contributed by atoms with E-state index in [0.29, 0.717) is 38.2 Å². The van der Waals surface area contributed by atoms with Crippen LogP contribution in [0.3, 0.4) is 0 Å². The summed E-state index contributed by atoms with van der Waals surface area (Å²) < 4.78 is 17.1. The van der Waals surface area contributed by atoms with Gasteiger partial charge in [-0.05, 0) is 31.5 Å². The predicted molar refractivity (Wildman–Crippen MR) is 106 cm³/mol. The molecule has 1 aromatic carbocycles. The number of nitrogens with zero attached hydrogens (tertiary/aromatic N) is 1. The molecule has 150 valence electrons. The summed E-state index contributed by atoms with van der Waals surface area (Å²) in [5.74, 6) is 1.39. The van der Waals surface area contributed by atoms with E-state index in [0.717, 1.165) is 24.5 Å². The SMILES string of the molecule is CCN(CCOC1CCCCCC1)CC(=O)Nc1ccc2c(c1)OCCO2. The van der Waals surface area contributed by atoms with E-state index in [1.165, 1.54) is 38.5 Å². The molecule has 1 aromatic rings. The Balaban J connectivity index is 1.41. The van der Waals surface area contributed by atoms with Crippen LogP contribution in [0, 0.1) is 0 Å². The van der Waals surface area contributed by atoms with E-state index in [4.69, 9.17) is 14.2 Å². The van der Waals surface area contributed by atoms with Gasteiger partial charge in [-0.25, -0.2) is 0 Å². The highest BCUT2D eigenvalue weighted by atomic mass is 16.6. The molecular formula is C21H32N2O4. The molecule has 1 amide bonds. The van der Waals surface area contributed by atoms with Crippen molar-refractivity contribution in [2.24, 2.45) is 0 Å². The van der Waals surface area contributed by atoms with Crippen LogP contribution in [0.5, 0.6) is 11.5 Å². The van der Waals surface area contributed by atoms with Crippen LogP contribution < -0.4 is 14.8 Å². The van der Waals surface area contributed by atoms with Crippen molar-refractivity contribution in [3.8, 4) is 11.5 Å². The number of rotatable bonds is 8. The van der Waals surface area contributed by atoms with Gasteiger partial charge in [-0.3, -0.25) is 9.69 Å². The Morgan fingerprint density at radius 3 is 2.63 bits per heavy atom. The fourth-order valence-corrected chi connectivity index (χ4v) is 3.63. The number of anilines is 1. The lowest BCUT2D eigenvalue weighted by molar-refractivity contribution is -0.117. The van der Waals surface area contributed by atoms with Crippen molar-refractivity contribution in [3.63, 3.8) is 0 Å². The summed E-state index contributed by atoms with van der Waals surface area (Å²) >= 11 is 0. The van der Waals surface area contributed by atoms with Crippen LogP contribution in [0.25, 0.3) is 0 Å². The fraction of sp³-hybridized carbons (Fsp3) is 0.667. The quantitative estimate of drug-likeness (QED) is 0.704. The molecular weight excluding hydrogens is 344 g/mol. The number of hydrogen-bond donors (Lipinski definition) is 1. The number of carbonyl (C=O) groups is 1. The van der Waals surface area contributed by atoms with E-state index in [2.05, 4.69) is 17.1 Å². The van der Waals surface area contributed by atoms with Crippen molar-refractivity contribution in [2.75, 3.05) is 44.8 Å². The molecule has 6 heteroatoms. The topological polar surface area (TPSA) is 60.0 Å². The molecule has 0 unspecified atom stereocenters. The molecule has 0 spiro atoms. The molecule has 2 aliphatic rings. The Morgan fingerprint density at radius 1 is 1.15 bits per heavy atom. The maximum atomic E-state index is 12.4. The van der Waals surface area contributed by atoms with Gasteiger partial charge >= 0.3 is 0 Å². The average Bonchev–Trinajstić information content (AvgIpc) is 2.96. The Morgan fingerprint density at radius 2 is 1.89 bits per heavy atom. The van der Waals surface area contributed by atoms with Gasteiger partial charge in [0, 0.05) is 18.3 Å². The zero-order valence-electron chi connectivity index (χ0n) is 16.4. The fourth-order valence-electron chi connectivity index (χ4n) is 3.63. The van der Waals surface area contributed by atoms with Gasteiger partial charge in [0.2, 0.25) is 5.91 Å². The normalized spacial score (nSPS) is 17.6. The number of fused-ring (bicyclic) bond motifs is 1. The largest absolute Gasteiger partial charge is 0.486 e. The lowest BCUT2D eigenvalue weighted by atomic mass is 10.1. The molecule has 0 bridgehead atoms. The number of nitrogens with one attached hydrogen (secondary N) is 1. The zero-order chi connectivity index (χ0) is 18.9.